The first kappa shape index (κ1) is 10.8. The van der Waals surface area contributed by atoms with Crippen molar-refractivity contribution in [1.82, 2.24) is 5.32 Å². The van der Waals surface area contributed by atoms with Crippen LogP contribution in [0.3, 0.4) is 0 Å². The number of hydrogen-bond donors (Lipinski definition) is 2. The van der Waals surface area contributed by atoms with Crippen molar-refractivity contribution in [2.45, 2.75) is 18.9 Å². The van der Waals surface area contributed by atoms with E-state index >= 15 is 0 Å². The number of hydrogen-bond acceptors (Lipinski definition) is 3. The minimum atomic E-state index is -0.963. The highest BCUT2D eigenvalue weighted by atomic mass is 16.5. The first-order chi connectivity index (χ1) is 6.66. The molecule has 0 aromatic rings. The number of aliphatic hydroxyl groups is 1. The zero-order chi connectivity index (χ0) is 10.4. The van der Waals surface area contributed by atoms with Gasteiger partial charge in [-0.15, -0.1) is 0 Å². The van der Waals surface area contributed by atoms with Crippen LogP contribution in [0.1, 0.15) is 13.3 Å². The van der Waals surface area contributed by atoms with Crippen LogP contribution in [0.15, 0.2) is 24.5 Å². The van der Waals surface area contributed by atoms with Gasteiger partial charge >= 0.3 is 0 Å². The third-order valence-corrected chi connectivity index (χ3v) is 2.01. The average Bonchev–Trinajstić information content (AvgIpc) is 2.17. The Morgan fingerprint density at radius 3 is 3.14 bits per heavy atom. The fourth-order valence-corrected chi connectivity index (χ4v) is 1.16. The molecule has 0 bridgehead atoms. The third-order valence-electron chi connectivity index (χ3n) is 2.01. The van der Waals surface area contributed by atoms with Gasteiger partial charge < -0.3 is 15.2 Å². The summed E-state index contributed by atoms with van der Waals surface area (Å²) in [5, 5.41) is 12.5. The summed E-state index contributed by atoms with van der Waals surface area (Å²) < 4.78 is 4.95. The van der Waals surface area contributed by atoms with Gasteiger partial charge in [-0.05, 0) is 19.1 Å². The lowest BCUT2D eigenvalue weighted by molar-refractivity contribution is -0.117. The van der Waals surface area contributed by atoms with Crippen molar-refractivity contribution in [2.75, 3.05) is 13.2 Å². The molecule has 1 amide bonds. The molecule has 2 N–H and O–H groups in total. The number of carbonyl (C=O) groups excluding carboxylic acids is 1. The molecule has 0 aliphatic carbocycles. The monoisotopic (exact) mass is 197 g/mol. The molecular formula is C10H15NO3. The lowest BCUT2D eigenvalue weighted by atomic mass is 9.99. The molecular weight excluding hydrogens is 182 g/mol. The molecule has 1 rings (SSSR count). The number of ether oxygens (including phenoxy) is 1. The molecule has 0 aromatic carbocycles. The van der Waals surface area contributed by atoms with E-state index in [1.165, 1.54) is 12.3 Å². The molecule has 78 valence electrons. The Bertz CT molecular complexity index is 260. The normalized spacial score (nSPS) is 26.1. The maximum atomic E-state index is 11.1. The molecule has 0 aromatic heterocycles. The summed E-state index contributed by atoms with van der Waals surface area (Å²) in [6.45, 7) is 2.46. The lowest BCUT2D eigenvalue weighted by Crippen LogP contribution is -2.43. The minimum absolute atomic E-state index is 0.194. The molecule has 0 radical (unpaired) electrons. The van der Waals surface area contributed by atoms with Gasteiger partial charge in [0.05, 0.1) is 19.4 Å². The molecule has 0 spiro atoms. The van der Waals surface area contributed by atoms with Crippen molar-refractivity contribution >= 4 is 5.91 Å². The van der Waals surface area contributed by atoms with Gasteiger partial charge in [0, 0.05) is 6.42 Å². The van der Waals surface area contributed by atoms with Crippen LogP contribution in [0.5, 0.6) is 0 Å². The second-order valence-electron chi connectivity index (χ2n) is 3.24. The predicted octanol–water partition coefficient (Wildman–Crippen LogP) is 0.344. The van der Waals surface area contributed by atoms with Crippen molar-refractivity contribution in [1.29, 1.82) is 0 Å². The Labute approximate surface area is 83.3 Å². The molecule has 0 saturated heterocycles. The summed E-state index contributed by atoms with van der Waals surface area (Å²) in [6, 6.07) is 0. The Balaban J connectivity index is 2.39. The van der Waals surface area contributed by atoms with Crippen LogP contribution in [-0.4, -0.2) is 29.8 Å². The number of nitrogens with one attached hydrogen (secondary N) is 1. The highest BCUT2D eigenvalue weighted by molar-refractivity contribution is 5.87. The van der Waals surface area contributed by atoms with E-state index in [1.54, 1.807) is 19.1 Å². The SMILES string of the molecule is C/C=C/C(=O)NCC1(O)C=COCC1. The van der Waals surface area contributed by atoms with E-state index in [0.717, 1.165) is 0 Å². The van der Waals surface area contributed by atoms with E-state index in [4.69, 9.17) is 4.74 Å². The van der Waals surface area contributed by atoms with Crippen LogP contribution >= 0.6 is 0 Å². The topological polar surface area (TPSA) is 58.6 Å². The van der Waals surface area contributed by atoms with E-state index in [-0.39, 0.29) is 12.5 Å². The van der Waals surface area contributed by atoms with E-state index in [0.29, 0.717) is 13.0 Å². The highest BCUT2D eigenvalue weighted by Crippen LogP contribution is 2.15. The standard InChI is InChI=1S/C10H15NO3/c1-2-3-9(12)11-8-10(13)4-6-14-7-5-10/h2-4,6,13H,5,7-8H2,1H3,(H,11,12)/b3-2+. The zero-order valence-corrected chi connectivity index (χ0v) is 8.19. The van der Waals surface area contributed by atoms with E-state index < -0.39 is 5.60 Å². The van der Waals surface area contributed by atoms with Crippen LogP contribution in [0, 0.1) is 0 Å². The molecule has 4 heteroatoms. The van der Waals surface area contributed by atoms with Gasteiger partial charge in [0.15, 0.2) is 0 Å². The van der Waals surface area contributed by atoms with Crippen molar-refractivity contribution in [2.24, 2.45) is 0 Å². The van der Waals surface area contributed by atoms with Gasteiger partial charge in [0.25, 0.3) is 0 Å². The number of carbonyl (C=O) groups is 1. The number of rotatable bonds is 3. The van der Waals surface area contributed by atoms with Crippen molar-refractivity contribution < 1.29 is 14.6 Å². The van der Waals surface area contributed by atoms with Crippen LogP contribution in [0.4, 0.5) is 0 Å². The summed E-state index contributed by atoms with van der Waals surface area (Å²) >= 11 is 0. The average molecular weight is 197 g/mol. The Morgan fingerprint density at radius 2 is 2.57 bits per heavy atom. The molecule has 14 heavy (non-hydrogen) atoms. The number of allylic oxidation sites excluding steroid dienone is 1. The Hall–Kier alpha value is -1.29. The van der Waals surface area contributed by atoms with E-state index in [9.17, 15) is 9.90 Å². The molecule has 1 unspecified atom stereocenters. The summed E-state index contributed by atoms with van der Waals surface area (Å²) in [6.07, 6.45) is 6.60. The third kappa shape index (κ3) is 3.22. The smallest absolute Gasteiger partial charge is 0.243 e. The van der Waals surface area contributed by atoms with E-state index in [1.807, 2.05) is 0 Å². The number of amides is 1. The zero-order valence-electron chi connectivity index (χ0n) is 8.19. The molecule has 0 saturated carbocycles. The molecule has 1 atom stereocenters. The van der Waals surface area contributed by atoms with Gasteiger partial charge in [-0.25, -0.2) is 0 Å². The Kier molecular flexibility index (Phi) is 3.71. The Morgan fingerprint density at radius 1 is 1.79 bits per heavy atom. The second kappa shape index (κ2) is 4.81. The molecule has 1 aliphatic rings. The quantitative estimate of drug-likeness (QED) is 0.641. The van der Waals surface area contributed by atoms with Crippen molar-refractivity contribution in [3.8, 4) is 0 Å². The first-order valence-electron chi connectivity index (χ1n) is 4.58. The highest BCUT2D eigenvalue weighted by Gasteiger charge is 2.26. The summed E-state index contributed by atoms with van der Waals surface area (Å²) in [7, 11) is 0. The van der Waals surface area contributed by atoms with Gasteiger partial charge in [-0.2, -0.15) is 0 Å². The molecule has 4 nitrogen and oxygen atoms in total. The fourth-order valence-electron chi connectivity index (χ4n) is 1.16. The van der Waals surface area contributed by atoms with Crippen LogP contribution in [0.2, 0.25) is 0 Å². The first-order valence-corrected chi connectivity index (χ1v) is 4.58. The van der Waals surface area contributed by atoms with Gasteiger partial charge in [-0.1, -0.05) is 6.08 Å². The summed E-state index contributed by atoms with van der Waals surface area (Å²) in [5.74, 6) is -0.194. The lowest BCUT2D eigenvalue weighted by Gasteiger charge is -2.27. The summed E-state index contributed by atoms with van der Waals surface area (Å²) in [4.78, 5) is 11.1. The van der Waals surface area contributed by atoms with Gasteiger partial charge in [0.2, 0.25) is 5.91 Å². The summed E-state index contributed by atoms with van der Waals surface area (Å²) in [5.41, 5.74) is -0.963. The molecule has 1 heterocycles. The minimum Gasteiger partial charge on any atom is -0.501 e. The fraction of sp³-hybridized carbons (Fsp3) is 0.500. The van der Waals surface area contributed by atoms with Crippen LogP contribution in [0.25, 0.3) is 0 Å². The van der Waals surface area contributed by atoms with E-state index in [2.05, 4.69) is 5.32 Å². The predicted molar refractivity (Wildman–Crippen MR) is 52.5 cm³/mol. The van der Waals surface area contributed by atoms with Crippen molar-refractivity contribution in [3.05, 3.63) is 24.5 Å². The van der Waals surface area contributed by atoms with Gasteiger partial charge in [-0.3, -0.25) is 4.79 Å². The van der Waals surface area contributed by atoms with Crippen molar-refractivity contribution in [3.63, 3.8) is 0 Å². The van der Waals surface area contributed by atoms with Gasteiger partial charge in [0.1, 0.15) is 5.60 Å². The molecule has 1 aliphatic heterocycles. The second-order valence-corrected chi connectivity index (χ2v) is 3.24. The van der Waals surface area contributed by atoms with Crippen LogP contribution < -0.4 is 5.32 Å². The maximum Gasteiger partial charge on any atom is 0.243 e. The van der Waals surface area contributed by atoms with Crippen LogP contribution in [-0.2, 0) is 9.53 Å². The maximum absolute atomic E-state index is 11.1. The molecule has 0 fully saturated rings. The largest absolute Gasteiger partial charge is 0.501 e.